The van der Waals surface area contributed by atoms with Crippen LogP contribution in [0.5, 0.6) is 0 Å². The molecule has 0 aromatic carbocycles. The number of sulfonamides is 1. The number of esters is 1. The number of thiophene rings is 1. The van der Waals surface area contributed by atoms with Crippen molar-refractivity contribution in [1.82, 2.24) is 10.0 Å². The van der Waals surface area contributed by atoms with E-state index in [0.29, 0.717) is 5.92 Å². The van der Waals surface area contributed by atoms with Gasteiger partial charge in [-0.05, 0) is 30.7 Å². The molecule has 0 saturated carbocycles. The number of carbonyl (C=O) groups is 2. The summed E-state index contributed by atoms with van der Waals surface area (Å²) in [5.41, 5.74) is 0. The lowest BCUT2D eigenvalue weighted by Gasteiger charge is -2.14. The van der Waals surface area contributed by atoms with E-state index in [-0.39, 0.29) is 35.7 Å². The zero-order chi connectivity index (χ0) is 19.6. The molecule has 1 amide bonds. The van der Waals surface area contributed by atoms with Crippen molar-refractivity contribution in [3.05, 3.63) is 17.5 Å². The largest absolute Gasteiger partial charge is 0.456 e. The van der Waals surface area contributed by atoms with Gasteiger partial charge in [-0.15, -0.1) is 11.3 Å². The predicted molar refractivity (Wildman–Crippen MR) is 101 cm³/mol. The Morgan fingerprint density at radius 1 is 1.23 bits per heavy atom. The average molecular weight is 405 g/mol. The fraction of sp³-hybridized carbons (Fsp3) is 0.647. The molecule has 1 unspecified atom stereocenters. The Hall–Kier alpha value is -1.45. The summed E-state index contributed by atoms with van der Waals surface area (Å²) in [5, 5.41) is 4.44. The number of nitrogens with one attached hydrogen (secondary N) is 2. The number of carbonyl (C=O) groups excluding carboxylic acids is 2. The van der Waals surface area contributed by atoms with Crippen molar-refractivity contribution in [3.8, 4) is 0 Å². The van der Waals surface area contributed by atoms with E-state index in [4.69, 9.17) is 4.74 Å². The van der Waals surface area contributed by atoms with E-state index in [1.807, 2.05) is 6.92 Å². The Labute approximate surface area is 159 Å². The molecule has 9 heteroatoms. The van der Waals surface area contributed by atoms with Crippen molar-refractivity contribution in [2.24, 2.45) is 5.92 Å². The molecule has 0 fully saturated rings. The van der Waals surface area contributed by atoms with Crippen LogP contribution in [0.2, 0.25) is 0 Å². The van der Waals surface area contributed by atoms with Crippen molar-refractivity contribution in [1.29, 1.82) is 0 Å². The third kappa shape index (κ3) is 9.30. The number of hydrogen-bond acceptors (Lipinski definition) is 6. The molecule has 2 N–H and O–H groups in total. The summed E-state index contributed by atoms with van der Waals surface area (Å²) in [6, 6.07) is 3.14. The third-order valence-corrected chi connectivity index (χ3v) is 6.43. The molecule has 1 aromatic rings. The standard InChI is InChI=1S/C17H28N2O5S2/c1-13(2)6-4-7-14(3)19-15(20)12-24-16(21)9-10-18-26(22,23)17-8-5-11-25-17/h5,8,11,13-14,18H,4,6-7,9-10,12H2,1-3H3,(H,19,20). The van der Waals surface area contributed by atoms with Crippen LogP contribution >= 0.6 is 11.3 Å². The molecule has 1 aromatic heterocycles. The number of rotatable bonds is 12. The number of ether oxygens (including phenoxy) is 1. The van der Waals surface area contributed by atoms with E-state index >= 15 is 0 Å². The number of hydrogen-bond donors (Lipinski definition) is 2. The monoisotopic (exact) mass is 404 g/mol. The molecule has 0 aliphatic carbocycles. The second-order valence-corrected chi connectivity index (χ2v) is 9.48. The van der Waals surface area contributed by atoms with Gasteiger partial charge in [0, 0.05) is 12.6 Å². The molecule has 0 saturated heterocycles. The Bertz CT molecular complexity index is 657. The molecule has 0 spiro atoms. The van der Waals surface area contributed by atoms with Crippen molar-refractivity contribution >= 4 is 33.2 Å². The van der Waals surface area contributed by atoms with E-state index in [9.17, 15) is 18.0 Å². The van der Waals surface area contributed by atoms with Crippen LogP contribution in [-0.2, 0) is 24.3 Å². The zero-order valence-electron chi connectivity index (χ0n) is 15.5. The summed E-state index contributed by atoms with van der Waals surface area (Å²) < 4.78 is 31.1. The first-order valence-corrected chi connectivity index (χ1v) is 11.0. The van der Waals surface area contributed by atoms with Gasteiger partial charge in [-0.25, -0.2) is 13.1 Å². The molecule has 7 nitrogen and oxygen atoms in total. The summed E-state index contributed by atoms with van der Waals surface area (Å²) >= 11 is 1.10. The van der Waals surface area contributed by atoms with Gasteiger partial charge >= 0.3 is 5.97 Å². The molecule has 148 valence electrons. The van der Waals surface area contributed by atoms with Crippen LogP contribution in [0, 0.1) is 5.92 Å². The van der Waals surface area contributed by atoms with Gasteiger partial charge in [-0.2, -0.15) is 0 Å². The Morgan fingerprint density at radius 3 is 2.58 bits per heavy atom. The molecule has 0 aliphatic heterocycles. The summed E-state index contributed by atoms with van der Waals surface area (Å²) in [7, 11) is -3.59. The zero-order valence-corrected chi connectivity index (χ0v) is 17.1. The Kier molecular flexibility index (Phi) is 9.82. The lowest BCUT2D eigenvalue weighted by molar-refractivity contribution is -0.148. The van der Waals surface area contributed by atoms with Gasteiger partial charge < -0.3 is 10.1 Å². The van der Waals surface area contributed by atoms with Gasteiger partial charge in [0.05, 0.1) is 6.42 Å². The van der Waals surface area contributed by atoms with Gasteiger partial charge in [0.15, 0.2) is 6.61 Å². The summed E-state index contributed by atoms with van der Waals surface area (Å²) in [6.45, 7) is 5.79. The molecule has 26 heavy (non-hydrogen) atoms. The van der Waals surface area contributed by atoms with Gasteiger partial charge in [0.25, 0.3) is 5.91 Å². The summed E-state index contributed by atoms with van der Waals surface area (Å²) in [5.74, 6) is -0.341. The van der Waals surface area contributed by atoms with Gasteiger partial charge in [-0.1, -0.05) is 32.8 Å². The smallest absolute Gasteiger partial charge is 0.307 e. The normalized spacial score (nSPS) is 12.8. The first kappa shape index (κ1) is 22.6. The molecular formula is C17H28N2O5S2. The van der Waals surface area contributed by atoms with E-state index in [2.05, 4.69) is 23.9 Å². The Morgan fingerprint density at radius 2 is 1.96 bits per heavy atom. The van der Waals surface area contributed by atoms with Crippen LogP contribution in [0.3, 0.4) is 0 Å². The third-order valence-electron chi connectivity index (χ3n) is 3.57. The highest BCUT2D eigenvalue weighted by Crippen LogP contribution is 2.15. The maximum Gasteiger partial charge on any atom is 0.307 e. The summed E-state index contributed by atoms with van der Waals surface area (Å²) in [4.78, 5) is 23.4. The lowest BCUT2D eigenvalue weighted by Crippen LogP contribution is -2.36. The second-order valence-electron chi connectivity index (χ2n) is 6.53. The second kappa shape index (κ2) is 11.3. The van der Waals surface area contributed by atoms with E-state index in [0.717, 1.165) is 30.6 Å². The van der Waals surface area contributed by atoms with Crippen LogP contribution in [0.4, 0.5) is 0 Å². The van der Waals surface area contributed by atoms with Crippen LogP contribution in [-0.4, -0.2) is 39.5 Å². The van der Waals surface area contributed by atoms with Crippen LogP contribution in [0.1, 0.15) is 46.5 Å². The van der Waals surface area contributed by atoms with Crippen LogP contribution in [0.25, 0.3) is 0 Å². The predicted octanol–water partition coefficient (Wildman–Crippen LogP) is 2.29. The SMILES string of the molecule is CC(C)CCCC(C)NC(=O)COC(=O)CCNS(=O)(=O)c1cccs1. The molecule has 0 aliphatic rings. The van der Waals surface area contributed by atoms with Crippen molar-refractivity contribution in [2.75, 3.05) is 13.2 Å². The minimum atomic E-state index is -3.59. The molecule has 1 atom stereocenters. The van der Waals surface area contributed by atoms with Gasteiger partial charge in [-0.3, -0.25) is 9.59 Å². The minimum Gasteiger partial charge on any atom is -0.456 e. The fourth-order valence-corrected chi connectivity index (χ4v) is 4.28. The van der Waals surface area contributed by atoms with E-state index in [1.165, 1.54) is 6.07 Å². The fourth-order valence-electron chi connectivity index (χ4n) is 2.21. The number of amides is 1. The quantitative estimate of drug-likeness (QED) is 0.521. The van der Waals surface area contributed by atoms with Gasteiger partial charge in [0.1, 0.15) is 4.21 Å². The van der Waals surface area contributed by atoms with Crippen molar-refractivity contribution < 1.29 is 22.7 Å². The maximum atomic E-state index is 11.9. The highest BCUT2D eigenvalue weighted by Gasteiger charge is 2.16. The molecule has 1 rings (SSSR count). The maximum absolute atomic E-state index is 11.9. The van der Waals surface area contributed by atoms with Crippen molar-refractivity contribution in [2.45, 2.75) is 56.7 Å². The molecule has 1 heterocycles. The first-order chi connectivity index (χ1) is 12.2. The van der Waals surface area contributed by atoms with E-state index in [1.54, 1.807) is 11.4 Å². The van der Waals surface area contributed by atoms with Crippen LogP contribution in [0.15, 0.2) is 21.7 Å². The first-order valence-electron chi connectivity index (χ1n) is 8.69. The highest BCUT2D eigenvalue weighted by atomic mass is 32.2. The Balaban J connectivity index is 2.18. The van der Waals surface area contributed by atoms with E-state index < -0.39 is 16.0 Å². The topological polar surface area (TPSA) is 102 Å². The molecular weight excluding hydrogens is 376 g/mol. The molecule has 0 bridgehead atoms. The molecule has 0 radical (unpaired) electrons. The van der Waals surface area contributed by atoms with Gasteiger partial charge in [0.2, 0.25) is 10.0 Å². The van der Waals surface area contributed by atoms with Crippen molar-refractivity contribution in [3.63, 3.8) is 0 Å². The summed E-state index contributed by atoms with van der Waals surface area (Å²) in [6.07, 6.45) is 2.88. The minimum absolute atomic E-state index is 0.0255. The lowest BCUT2D eigenvalue weighted by atomic mass is 10.0. The van der Waals surface area contributed by atoms with Crippen LogP contribution < -0.4 is 10.0 Å². The average Bonchev–Trinajstić information content (AvgIpc) is 3.07. The highest BCUT2D eigenvalue weighted by molar-refractivity contribution is 7.91.